The second kappa shape index (κ2) is 9.78. The molecule has 0 saturated heterocycles. The van der Waals surface area contributed by atoms with Crippen LogP contribution >= 0.6 is 0 Å². The average molecular weight is 308 g/mol. The number of rotatable bonds is 8. The summed E-state index contributed by atoms with van der Waals surface area (Å²) < 4.78 is 10.1. The highest BCUT2D eigenvalue weighted by atomic mass is 16.6. The topological polar surface area (TPSA) is 67.9 Å². The van der Waals surface area contributed by atoms with Crippen LogP contribution in [0.1, 0.15) is 26.7 Å². The second-order valence-electron chi connectivity index (χ2n) is 4.65. The fraction of sp³-hybridized carbons (Fsp3) is 0.500. The van der Waals surface area contributed by atoms with Gasteiger partial charge in [-0.2, -0.15) is 0 Å². The molecule has 0 bridgehead atoms. The van der Waals surface area contributed by atoms with Crippen molar-refractivity contribution >= 4 is 23.4 Å². The fourth-order valence-corrected chi connectivity index (χ4v) is 1.80. The smallest absolute Gasteiger partial charge is 0.413 e. The van der Waals surface area contributed by atoms with Crippen LogP contribution in [0.5, 0.6) is 0 Å². The van der Waals surface area contributed by atoms with E-state index in [9.17, 15) is 9.59 Å². The molecule has 0 fully saturated rings. The molecule has 1 aromatic rings. The first-order valence-corrected chi connectivity index (χ1v) is 7.46. The lowest BCUT2D eigenvalue weighted by molar-refractivity contribution is -0.116. The molecule has 0 aliphatic heterocycles. The Morgan fingerprint density at radius 2 is 1.82 bits per heavy atom. The molecule has 0 atom stereocenters. The largest absolute Gasteiger partial charge is 0.449 e. The number of nitrogens with one attached hydrogen (secondary N) is 1. The van der Waals surface area contributed by atoms with E-state index < -0.39 is 6.09 Å². The predicted octanol–water partition coefficient (Wildman–Crippen LogP) is 3.03. The van der Waals surface area contributed by atoms with Crippen LogP contribution in [0.2, 0.25) is 0 Å². The van der Waals surface area contributed by atoms with E-state index >= 15 is 0 Å². The Morgan fingerprint density at radius 1 is 1.14 bits per heavy atom. The van der Waals surface area contributed by atoms with Crippen LogP contribution in [0.25, 0.3) is 0 Å². The molecule has 22 heavy (non-hydrogen) atoms. The number of amides is 2. The van der Waals surface area contributed by atoms with Gasteiger partial charge in [0.2, 0.25) is 5.91 Å². The van der Waals surface area contributed by atoms with Crippen molar-refractivity contribution in [2.45, 2.75) is 26.7 Å². The SMILES string of the molecule is CCOCCCC(=O)Nc1ccc(N(C)C(=O)OCC)cc1. The summed E-state index contributed by atoms with van der Waals surface area (Å²) in [5.41, 5.74) is 1.40. The number of benzene rings is 1. The number of nitrogens with zero attached hydrogens (tertiary/aromatic N) is 1. The van der Waals surface area contributed by atoms with Crippen molar-refractivity contribution in [1.29, 1.82) is 0 Å². The van der Waals surface area contributed by atoms with Gasteiger partial charge >= 0.3 is 6.09 Å². The summed E-state index contributed by atoms with van der Waals surface area (Å²) in [5, 5.41) is 2.81. The summed E-state index contributed by atoms with van der Waals surface area (Å²) in [7, 11) is 1.64. The molecule has 0 radical (unpaired) electrons. The number of carbonyl (C=O) groups excluding carboxylic acids is 2. The second-order valence-corrected chi connectivity index (χ2v) is 4.65. The Morgan fingerprint density at radius 3 is 2.41 bits per heavy atom. The number of hydrogen-bond donors (Lipinski definition) is 1. The molecule has 0 aliphatic rings. The minimum atomic E-state index is -0.407. The van der Waals surface area contributed by atoms with Gasteiger partial charge < -0.3 is 14.8 Å². The quantitative estimate of drug-likeness (QED) is 0.750. The van der Waals surface area contributed by atoms with E-state index in [2.05, 4.69) is 5.32 Å². The van der Waals surface area contributed by atoms with E-state index in [1.807, 2.05) is 6.92 Å². The van der Waals surface area contributed by atoms with E-state index in [4.69, 9.17) is 9.47 Å². The molecule has 0 aromatic heterocycles. The fourth-order valence-electron chi connectivity index (χ4n) is 1.80. The maximum Gasteiger partial charge on any atom is 0.413 e. The molecule has 1 rings (SSSR count). The zero-order chi connectivity index (χ0) is 16.4. The van der Waals surface area contributed by atoms with Crippen LogP contribution < -0.4 is 10.2 Å². The summed E-state index contributed by atoms with van der Waals surface area (Å²) in [6, 6.07) is 7.02. The first-order chi connectivity index (χ1) is 10.6. The summed E-state index contributed by atoms with van der Waals surface area (Å²) in [4.78, 5) is 24.8. The molecule has 0 spiro atoms. The lowest BCUT2D eigenvalue weighted by Gasteiger charge is -2.16. The van der Waals surface area contributed by atoms with Crippen molar-refractivity contribution in [3.05, 3.63) is 24.3 Å². The Kier molecular flexibility index (Phi) is 7.99. The minimum Gasteiger partial charge on any atom is -0.449 e. The third-order valence-corrected chi connectivity index (χ3v) is 2.98. The lowest BCUT2D eigenvalue weighted by Crippen LogP contribution is -2.26. The van der Waals surface area contributed by atoms with Crippen LogP contribution in [-0.4, -0.2) is 38.9 Å². The molecule has 0 unspecified atom stereocenters. The molecule has 0 aliphatic carbocycles. The van der Waals surface area contributed by atoms with Crippen LogP contribution in [0, 0.1) is 0 Å². The molecule has 0 heterocycles. The van der Waals surface area contributed by atoms with Gasteiger partial charge in [-0.05, 0) is 44.5 Å². The molecule has 122 valence electrons. The summed E-state index contributed by atoms with van der Waals surface area (Å²) in [5.74, 6) is -0.0498. The molecular formula is C16H24N2O4. The van der Waals surface area contributed by atoms with Crippen molar-refractivity contribution in [1.82, 2.24) is 0 Å². The van der Waals surface area contributed by atoms with Crippen molar-refractivity contribution in [3.8, 4) is 0 Å². The van der Waals surface area contributed by atoms with Gasteiger partial charge in [0.05, 0.1) is 6.61 Å². The number of anilines is 2. The van der Waals surface area contributed by atoms with Gasteiger partial charge in [0, 0.05) is 38.1 Å². The highest BCUT2D eigenvalue weighted by molar-refractivity contribution is 5.91. The first-order valence-electron chi connectivity index (χ1n) is 7.46. The Bertz CT molecular complexity index is 474. The molecule has 6 nitrogen and oxygen atoms in total. The van der Waals surface area contributed by atoms with E-state index in [-0.39, 0.29) is 5.91 Å². The van der Waals surface area contributed by atoms with Crippen LogP contribution in [-0.2, 0) is 14.3 Å². The Labute approximate surface area is 131 Å². The highest BCUT2D eigenvalue weighted by Gasteiger charge is 2.11. The molecule has 0 saturated carbocycles. The van der Waals surface area contributed by atoms with Crippen LogP contribution in [0.4, 0.5) is 16.2 Å². The number of carbonyl (C=O) groups is 2. The van der Waals surface area contributed by atoms with Gasteiger partial charge in [-0.25, -0.2) is 4.79 Å². The predicted molar refractivity (Wildman–Crippen MR) is 86.2 cm³/mol. The van der Waals surface area contributed by atoms with E-state index in [1.165, 1.54) is 4.90 Å². The van der Waals surface area contributed by atoms with Gasteiger partial charge in [0.25, 0.3) is 0 Å². The molecular weight excluding hydrogens is 284 g/mol. The lowest BCUT2D eigenvalue weighted by atomic mass is 10.2. The minimum absolute atomic E-state index is 0.0498. The molecule has 1 aromatic carbocycles. The van der Waals surface area contributed by atoms with Gasteiger partial charge in [-0.1, -0.05) is 0 Å². The van der Waals surface area contributed by atoms with Gasteiger partial charge in [0.1, 0.15) is 0 Å². The van der Waals surface area contributed by atoms with E-state index in [0.29, 0.717) is 44.0 Å². The highest BCUT2D eigenvalue weighted by Crippen LogP contribution is 2.17. The first kappa shape index (κ1) is 18.0. The maximum atomic E-state index is 11.7. The third kappa shape index (κ3) is 6.13. The van der Waals surface area contributed by atoms with Crippen molar-refractivity contribution < 1.29 is 19.1 Å². The van der Waals surface area contributed by atoms with Crippen LogP contribution in [0.3, 0.4) is 0 Å². The Balaban J connectivity index is 2.47. The average Bonchev–Trinajstić information content (AvgIpc) is 2.52. The summed E-state index contributed by atoms with van der Waals surface area (Å²) in [6.45, 7) is 5.27. The monoisotopic (exact) mass is 308 g/mol. The van der Waals surface area contributed by atoms with Crippen molar-refractivity contribution in [2.24, 2.45) is 0 Å². The van der Waals surface area contributed by atoms with Gasteiger partial charge in [0.15, 0.2) is 0 Å². The normalized spacial score (nSPS) is 10.1. The number of ether oxygens (including phenoxy) is 2. The van der Waals surface area contributed by atoms with Crippen molar-refractivity contribution in [2.75, 3.05) is 37.1 Å². The van der Waals surface area contributed by atoms with Crippen LogP contribution in [0.15, 0.2) is 24.3 Å². The summed E-state index contributed by atoms with van der Waals surface area (Å²) in [6.07, 6.45) is 0.712. The maximum absolute atomic E-state index is 11.7. The van der Waals surface area contributed by atoms with E-state index in [1.54, 1.807) is 38.2 Å². The number of hydrogen-bond acceptors (Lipinski definition) is 4. The third-order valence-electron chi connectivity index (χ3n) is 2.98. The summed E-state index contributed by atoms with van der Waals surface area (Å²) >= 11 is 0. The standard InChI is InChI=1S/C16H24N2O4/c1-4-21-12-6-7-15(19)17-13-8-10-14(11-9-13)18(3)16(20)22-5-2/h8-11H,4-7,12H2,1-3H3,(H,17,19). The van der Waals surface area contributed by atoms with E-state index in [0.717, 1.165) is 0 Å². The van der Waals surface area contributed by atoms with Crippen molar-refractivity contribution in [3.63, 3.8) is 0 Å². The zero-order valence-corrected chi connectivity index (χ0v) is 13.4. The van der Waals surface area contributed by atoms with Gasteiger partial charge in [-0.3, -0.25) is 9.69 Å². The molecule has 6 heteroatoms. The Hall–Kier alpha value is -2.08. The molecule has 2 amide bonds. The molecule has 1 N–H and O–H groups in total. The van der Waals surface area contributed by atoms with Gasteiger partial charge in [-0.15, -0.1) is 0 Å². The zero-order valence-electron chi connectivity index (χ0n) is 13.4.